The summed E-state index contributed by atoms with van der Waals surface area (Å²) in [6.45, 7) is 0.619. The first kappa shape index (κ1) is 17.0. The summed E-state index contributed by atoms with van der Waals surface area (Å²) in [7, 11) is 4.93. The van der Waals surface area contributed by atoms with E-state index >= 15 is 0 Å². The lowest BCUT2D eigenvalue weighted by molar-refractivity contribution is 0.355. The standard InChI is InChI=1S/C17H20ClN3O2/c1-19-17(20-11-12-5-4-6-13(18)9-12)21-14-7-8-15(22-2)16(10-14)23-3/h4-10H,11H2,1-3H3,(H2,19,20,21). The summed E-state index contributed by atoms with van der Waals surface area (Å²) in [4.78, 5) is 4.21. The highest BCUT2D eigenvalue weighted by atomic mass is 35.5. The van der Waals surface area contributed by atoms with Crippen LogP contribution in [0.25, 0.3) is 0 Å². The van der Waals surface area contributed by atoms with Gasteiger partial charge in [0.2, 0.25) is 0 Å². The van der Waals surface area contributed by atoms with E-state index in [9.17, 15) is 0 Å². The molecule has 2 aromatic carbocycles. The fourth-order valence-electron chi connectivity index (χ4n) is 2.06. The zero-order valence-electron chi connectivity index (χ0n) is 13.4. The Morgan fingerprint density at radius 1 is 1.09 bits per heavy atom. The zero-order valence-corrected chi connectivity index (χ0v) is 14.1. The molecule has 0 saturated carbocycles. The molecule has 0 aliphatic rings. The summed E-state index contributed by atoms with van der Waals surface area (Å²) in [6, 6.07) is 13.3. The van der Waals surface area contributed by atoms with E-state index in [0.717, 1.165) is 11.3 Å². The number of rotatable bonds is 5. The molecule has 0 bridgehead atoms. The molecule has 0 atom stereocenters. The molecule has 6 heteroatoms. The van der Waals surface area contributed by atoms with Crippen molar-refractivity contribution in [1.82, 2.24) is 5.32 Å². The fourth-order valence-corrected chi connectivity index (χ4v) is 2.28. The van der Waals surface area contributed by atoms with Gasteiger partial charge in [-0.05, 0) is 29.8 Å². The molecule has 0 heterocycles. The van der Waals surface area contributed by atoms with Crippen molar-refractivity contribution in [2.45, 2.75) is 6.54 Å². The number of nitrogens with zero attached hydrogens (tertiary/aromatic N) is 1. The molecule has 0 saturated heterocycles. The molecule has 5 nitrogen and oxygen atoms in total. The number of halogens is 1. The summed E-state index contributed by atoms with van der Waals surface area (Å²) < 4.78 is 10.5. The Morgan fingerprint density at radius 3 is 2.52 bits per heavy atom. The van der Waals surface area contributed by atoms with Crippen molar-refractivity contribution in [1.29, 1.82) is 0 Å². The van der Waals surface area contributed by atoms with Crippen LogP contribution in [0.2, 0.25) is 5.02 Å². The Balaban J connectivity index is 2.02. The first-order chi connectivity index (χ1) is 11.2. The molecule has 2 N–H and O–H groups in total. The Bertz CT molecular complexity index is 689. The second kappa shape index (κ2) is 8.29. The molecule has 0 unspecified atom stereocenters. The van der Waals surface area contributed by atoms with Gasteiger partial charge in [-0.3, -0.25) is 4.99 Å². The van der Waals surface area contributed by atoms with E-state index in [0.29, 0.717) is 29.0 Å². The SMILES string of the molecule is CN=C(NCc1cccc(Cl)c1)Nc1ccc(OC)c(OC)c1. The first-order valence-electron chi connectivity index (χ1n) is 7.10. The third kappa shape index (κ3) is 4.79. The molecule has 0 radical (unpaired) electrons. The molecular formula is C17H20ClN3O2. The molecule has 2 rings (SSSR count). The van der Waals surface area contributed by atoms with Crippen molar-refractivity contribution >= 4 is 23.2 Å². The van der Waals surface area contributed by atoms with Crippen molar-refractivity contribution in [2.75, 3.05) is 26.6 Å². The van der Waals surface area contributed by atoms with Gasteiger partial charge in [-0.15, -0.1) is 0 Å². The van der Waals surface area contributed by atoms with Gasteiger partial charge in [0.15, 0.2) is 17.5 Å². The third-order valence-electron chi connectivity index (χ3n) is 3.22. The zero-order chi connectivity index (χ0) is 16.7. The van der Waals surface area contributed by atoms with Crippen LogP contribution in [-0.2, 0) is 6.54 Å². The van der Waals surface area contributed by atoms with Crippen molar-refractivity contribution in [3.8, 4) is 11.5 Å². The number of aliphatic imine (C=N–C) groups is 1. The molecule has 0 aliphatic carbocycles. The number of anilines is 1. The maximum Gasteiger partial charge on any atom is 0.195 e. The van der Waals surface area contributed by atoms with E-state index in [4.69, 9.17) is 21.1 Å². The number of ether oxygens (including phenoxy) is 2. The van der Waals surface area contributed by atoms with Crippen molar-refractivity contribution < 1.29 is 9.47 Å². The van der Waals surface area contributed by atoms with Gasteiger partial charge in [0.05, 0.1) is 14.2 Å². The average Bonchev–Trinajstić information content (AvgIpc) is 2.58. The first-order valence-corrected chi connectivity index (χ1v) is 7.48. The van der Waals surface area contributed by atoms with Crippen LogP contribution in [0.1, 0.15) is 5.56 Å². The number of methoxy groups -OCH3 is 2. The number of guanidine groups is 1. The van der Waals surface area contributed by atoms with Crippen molar-refractivity contribution in [2.24, 2.45) is 4.99 Å². The monoisotopic (exact) mass is 333 g/mol. The van der Waals surface area contributed by atoms with Gasteiger partial charge in [0, 0.05) is 30.4 Å². The van der Waals surface area contributed by atoms with Gasteiger partial charge in [-0.2, -0.15) is 0 Å². The summed E-state index contributed by atoms with van der Waals surface area (Å²) in [5, 5.41) is 7.16. The van der Waals surface area contributed by atoms with Gasteiger partial charge in [-0.25, -0.2) is 0 Å². The summed E-state index contributed by atoms with van der Waals surface area (Å²) in [6.07, 6.45) is 0. The minimum absolute atomic E-state index is 0.619. The third-order valence-corrected chi connectivity index (χ3v) is 3.45. The molecule has 0 amide bonds. The smallest absolute Gasteiger partial charge is 0.195 e. The molecule has 23 heavy (non-hydrogen) atoms. The molecule has 2 aromatic rings. The number of hydrogen-bond acceptors (Lipinski definition) is 3. The van der Waals surface area contributed by atoms with Gasteiger partial charge in [-0.1, -0.05) is 23.7 Å². The van der Waals surface area contributed by atoms with Crippen LogP contribution in [0, 0.1) is 0 Å². The van der Waals surface area contributed by atoms with E-state index in [-0.39, 0.29) is 0 Å². The molecule has 0 spiro atoms. The van der Waals surface area contributed by atoms with Crippen molar-refractivity contribution in [3.63, 3.8) is 0 Å². The van der Waals surface area contributed by atoms with Crippen LogP contribution in [0.15, 0.2) is 47.5 Å². The molecule has 0 aromatic heterocycles. The summed E-state index contributed by atoms with van der Waals surface area (Å²) in [5.41, 5.74) is 1.93. The lowest BCUT2D eigenvalue weighted by Gasteiger charge is -2.14. The van der Waals surface area contributed by atoms with Crippen molar-refractivity contribution in [3.05, 3.63) is 53.1 Å². The minimum Gasteiger partial charge on any atom is -0.493 e. The summed E-state index contributed by atoms with van der Waals surface area (Å²) in [5.74, 6) is 1.99. The highest BCUT2D eigenvalue weighted by Gasteiger charge is 2.06. The predicted octanol–water partition coefficient (Wildman–Crippen LogP) is 3.54. The normalized spacial score (nSPS) is 11.0. The average molecular weight is 334 g/mol. The Morgan fingerprint density at radius 2 is 1.87 bits per heavy atom. The molecule has 0 fully saturated rings. The van der Waals surface area contributed by atoms with Crippen LogP contribution in [0.5, 0.6) is 11.5 Å². The Labute approximate surface area is 141 Å². The van der Waals surface area contributed by atoms with Crippen LogP contribution in [0.3, 0.4) is 0 Å². The highest BCUT2D eigenvalue weighted by Crippen LogP contribution is 2.29. The van der Waals surface area contributed by atoms with Crippen LogP contribution in [-0.4, -0.2) is 27.2 Å². The Kier molecular flexibility index (Phi) is 6.11. The maximum absolute atomic E-state index is 5.99. The van der Waals surface area contributed by atoms with E-state index in [1.807, 2.05) is 42.5 Å². The minimum atomic E-state index is 0.619. The van der Waals surface area contributed by atoms with Gasteiger partial charge in [0.25, 0.3) is 0 Å². The van der Waals surface area contributed by atoms with E-state index in [1.165, 1.54) is 0 Å². The van der Waals surface area contributed by atoms with E-state index in [2.05, 4.69) is 15.6 Å². The molecule has 0 aliphatic heterocycles. The number of benzene rings is 2. The van der Waals surface area contributed by atoms with Gasteiger partial charge in [0.1, 0.15) is 0 Å². The topological polar surface area (TPSA) is 54.9 Å². The van der Waals surface area contributed by atoms with E-state index in [1.54, 1.807) is 21.3 Å². The second-order valence-corrected chi connectivity index (χ2v) is 5.19. The van der Waals surface area contributed by atoms with Crippen LogP contribution in [0.4, 0.5) is 5.69 Å². The molecular weight excluding hydrogens is 314 g/mol. The number of hydrogen-bond donors (Lipinski definition) is 2. The largest absolute Gasteiger partial charge is 0.493 e. The quantitative estimate of drug-likeness (QED) is 0.649. The number of nitrogens with one attached hydrogen (secondary N) is 2. The van der Waals surface area contributed by atoms with Gasteiger partial charge < -0.3 is 20.1 Å². The highest BCUT2D eigenvalue weighted by molar-refractivity contribution is 6.30. The van der Waals surface area contributed by atoms with Crippen LogP contribution >= 0.6 is 11.6 Å². The molecule has 122 valence electrons. The lowest BCUT2D eigenvalue weighted by Crippen LogP contribution is -2.30. The van der Waals surface area contributed by atoms with Gasteiger partial charge >= 0.3 is 0 Å². The predicted molar refractivity (Wildman–Crippen MR) is 94.8 cm³/mol. The maximum atomic E-state index is 5.99. The second-order valence-electron chi connectivity index (χ2n) is 4.75. The lowest BCUT2D eigenvalue weighted by atomic mass is 10.2. The Hall–Kier alpha value is -2.40. The van der Waals surface area contributed by atoms with E-state index < -0.39 is 0 Å². The summed E-state index contributed by atoms with van der Waals surface area (Å²) >= 11 is 5.99. The fraction of sp³-hybridized carbons (Fsp3) is 0.235. The van der Waals surface area contributed by atoms with Crippen LogP contribution < -0.4 is 20.1 Å².